The largest absolute Gasteiger partial charge is 0.386 e. The highest BCUT2D eigenvalue weighted by atomic mass is 16.5. The van der Waals surface area contributed by atoms with Crippen LogP contribution in [0.2, 0.25) is 0 Å². The van der Waals surface area contributed by atoms with Crippen LogP contribution >= 0.6 is 0 Å². The molecule has 0 heterocycles. The van der Waals surface area contributed by atoms with E-state index >= 15 is 0 Å². The van der Waals surface area contributed by atoms with Crippen LogP contribution in [0.4, 0.5) is 0 Å². The van der Waals surface area contributed by atoms with E-state index in [1.54, 1.807) is 0 Å². The van der Waals surface area contributed by atoms with Gasteiger partial charge in [0.15, 0.2) is 5.78 Å². The minimum Gasteiger partial charge on any atom is -0.386 e. The molecule has 0 bridgehead atoms. The molecule has 104 valence electrons. The number of methoxy groups -OCH3 is 1. The van der Waals surface area contributed by atoms with E-state index in [1.165, 1.54) is 7.11 Å². The summed E-state index contributed by atoms with van der Waals surface area (Å²) in [6.07, 6.45) is -0.954. The van der Waals surface area contributed by atoms with Crippen LogP contribution in [-0.4, -0.2) is 24.1 Å². The molecule has 20 heavy (non-hydrogen) atoms. The molecule has 2 atom stereocenters. The summed E-state index contributed by atoms with van der Waals surface area (Å²) < 4.78 is 5.24. The summed E-state index contributed by atoms with van der Waals surface area (Å²) in [4.78, 5) is 12.4. The highest BCUT2D eigenvalue weighted by molar-refractivity contribution is 6.11. The molecule has 3 nitrogen and oxygen atoms in total. The van der Waals surface area contributed by atoms with Gasteiger partial charge in [-0.1, -0.05) is 29.8 Å². The molecule has 0 unspecified atom stereocenters. The van der Waals surface area contributed by atoms with Gasteiger partial charge in [0, 0.05) is 19.1 Å². The number of ether oxygens (including phenoxy) is 1. The number of rotatable bonds is 1. The quantitative estimate of drug-likeness (QED) is 0.866. The predicted molar refractivity (Wildman–Crippen MR) is 78.1 cm³/mol. The van der Waals surface area contributed by atoms with Crippen molar-refractivity contribution in [3.63, 3.8) is 0 Å². The maximum atomic E-state index is 12.4. The molecule has 0 aliphatic heterocycles. The van der Waals surface area contributed by atoms with Gasteiger partial charge >= 0.3 is 0 Å². The summed E-state index contributed by atoms with van der Waals surface area (Å²) in [5.41, 5.74) is 3.54. The van der Waals surface area contributed by atoms with Crippen molar-refractivity contribution in [2.24, 2.45) is 0 Å². The molecule has 1 aliphatic carbocycles. The summed E-state index contributed by atoms with van der Waals surface area (Å²) in [5.74, 6) is 0.0488. The lowest BCUT2D eigenvalue weighted by Gasteiger charge is -2.29. The molecule has 0 aromatic heterocycles. The SMILES string of the molecule is CO[C@H]1CC(=O)c2c(cc(C)c3ccc(C)cc23)[C@@H]1O. The van der Waals surface area contributed by atoms with Crippen molar-refractivity contribution in [2.75, 3.05) is 7.11 Å². The zero-order valence-corrected chi connectivity index (χ0v) is 11.9. The summed E-state index contributed by atoms with van der Waals surface area (Å²) in [7, 11) is 1.53. The lowest BCUT2D eigenvalue weighted by molar-refractivity contribution is -0.0190. The van der Waals surface area contributed by atoms with Crippen molar-refractivity contribution in [2.45, 2.75) is 32.5 Å². The van der Waals surface area contributed by atoms with E-state index in [4.69, 9.17) is 4.74 Å². The van der Waals surface area contributed by atoms with Gasteiger partial charge in [-0.15, -0.1) is 0 Å². The number of Topliss-reactive ketones (excluding diaryl/α,β-unsaturated/α-hetero) is 1. The monoisotopic (exact) mass is 270 g/mol. The second kappa shape index (κ2) is 4.69. The number of fused-ring (bicyclic) bond motifs is 3. The Bertz CT molecular complexity index is 703. The van der Waals surface area contributed by atoms with Crippen molar-refractivity contribution in [1.82, 2.24) is 0 Å². The lowest BCUT2D eigenvalue weighted by Crippen LogP contribution is -2.31. The minimum absolute atomic E-state index is 0.0488. The topological polar surface area (TPSA) is 46.5 Å². The molecule has 2 aromatic rings. The smallest absolute Gasteiger partial charge is 0.166 e. The molecule has 3 rings (SSSR count). The first kappa shape index (κ1) is 13.3. The molecular formula is C17H18O3. The Morgan fingerprint density at radius 1 is 1.20 bits per heavy atom. The Kier molecular flexibility index (Phi) is 3.11. The van der Waals surface area contributed by atoms with Gasteiger partial charge in [-0.05, 0) is 35.7 Å². The van der Waals surface area contributed by atoms with E-state index in [-0.39, 0.29) is 12.2 Å². The van der Waals surface area contributed by atoms with Gasteiger partial charge in [-0.25, -0.2) is 0 Å². The fourth-order valence-electron chi connectivity index (χ4n) is 3.10. The van der Waals surface area contributed by atoms with Crippen molar-refractivity contribution < 1.29 is 14.6 Å². The zero-order chi connectivity index (χ0) is 14.4. The third kappa shape index (κ3) is 1.86. The van der Waals surface area contributed by atoms with Crippen molar-refractivity contribution in [3.05, 3.63) is 46.5 Å². The number of carbonyl (C=O) groups excluding carboxylic acids is 1. The molecular weight excluding hydrogens is 252 g/mol. The van der Waals surface area contributed by atoms with Gasteiger partial charge in [0.05, 0.1) is 6.10 Å². The fourth-order valence-corrected chi connectivity index (χ4v) is 3.10. The standard InChI is InChI=1S/C17H18O3/c1-9-4-5-11-10(2)7-13-16(12(11)6-9)14(18)8-15(20-3)17(13)19/h4-7,15,17,19H,8H2,1-3H3/t15-,17-/m0/s1. The summed E-state index contributed by atoms with van der Waals surface area (Å²) >= 11 is 0. The molecule has 0 amide bonds. The van der Waals surface area contributed by atoms with Crippen LogP contribution in [0.1, 0.15) is 39.6 Å². The van der Waals surface area contributed by atoms with Crippen molar-refractivity contribution >= 4 is 16.6 Å². The number of aryl methyl sites for hydroxylation is 2. The minimum atomic E-state index is -0.740. The van der Waals surface area contributed by atoms with Crippen LogP contribution in [-0.2, 0) is 4.74 Å². The Balaban J connectivity index is 2.36. The van der Waals surface area contributed by atoms with Gasteiger partial charge in [0.1, 0.15) is 6.10 Å². The molecule has 0 fully saturated rings. The van der Waals surface area contributed by atoms with Crippen LogP contribution in [0, 0.1) is 13.8 Å². The van der Waals surface area contributed by atoms with Gasteiger partial charge < -0.3 is 9.84 Å². The first-order chi connectivity index (χ1) is 9.52. The number of hydrogen-bond donors (Lipinski definition) is 1. The van der Waals surface area contributed by atoms with Crippen LogP contribution in [0.5, 0.6) is 0 Å². The average Bonchev–Trinajstić information content (AvgIpc) is 2.42. The van der Waals surface area contributed by atoms with Crippen molar-refractivity contribution in [3.8, 4) is 0 Å². The van der Waals surface area contributed by atoms with Crippen LogP contribution in [0.3, 0.4) is 0 Å². The molecule has 0 radical (unpaired) electrons. The second-order valence-corrected chi connectivity index (χ2v) is 5.55. The summed E-state index contributed by atoms with van der Waals surface area (Å²) in [6, 6.07) is 8.03. The van der Waals surface area contributed by atoms with E-state index < -0.39 is 12.2 Å². The van der Waals surface area contributed by atoms with Gasteiger partial charge in [-0.2, -0.15) is 0 Å². The summed E-state index contributed by atoms with van der Waals surface area (Å²) in [5, 5.41) is 12.4. The highest BCUT2D eigenvalue weighted by Crippen LogP contribution is 2.37. The van der Waals surface area contributed by atoms with E-state index in [9.17, 15) is 9.90 Å². The Hall–Kier alpha value is -1.71. The highest BCUT2D eigenvalue weighted by Gasteiger charge is 2.34. The first-order valence-electron chi connectivity index (χ1n) is 6.81. The molecule has 1 aliphatic rings. The lowest BCUT2D eigenvalue weighted by atomic mass is 9.81. The number of benzene rings is 2. The van der Waals surface area contributed by atoms with Gasteiger partial charge in [0.2, 0.25) is 0 Å². The van der Waals surface area contributed by atoms with Crippen LogP contribution in [0.15, 0.2) is 24.3 Å². The average molecular weight is 270 g/mol. The van der Waals surface area contributed by atoms with E-state index in [2.05, 4.69) is 0 Å². The third-order valence-corrected chi connectivity index (χ3v) is 4.17. The Morgan fingerprint density at radius 3 is 2.65 bits per heavy atom. The molecule has 2 aromatic carbocycles. The van der Waals surface area contributed by atoms with Crippen LogP contribution in [0.25, 0.3) is 10.8 Å². The van der Waals surface area contributed by atoms with E-state index in [0.717, 1.165) is 21.9 Å². The molecule has 0 spiro atoms. The maximum Gasteiger partial charge on any atom is 0.166 e. The Morgan fingerprint density at radius 2 is 1.95 bits per heavy atom. The number of aliphatic hydroxyl groups excluding tert-OH is 1. The number of hydrogen-bond acceptors (Lipinski definition) is 3. The van der Waals surface area contributed by atoms with Crippen molar-refractivity contribution in [1.29, 1.82) is 0 Å². The predicted octanol–water partition coefficient (Wildman–Crippen LogP) is 3.09. The maximum absolute atomic E-state index is 12.4. The molecule has 0 saturated heterocycles. The van der Waals surface area contributed by atoms with E-state index in [0.29, 0.717) is 11.1 Å². The Labute approximate surface area is 118 Å². The summed E-state index contributed by atoms with van der Waals surface area (Å²) in [6.45, 7) is 4.02. The third-order valence-electron chi connectivity index (χ3n) is 4.17. The molecule has 3 heteroatoms. The first-order valence-corrected chi connectivity index (χ1v) is 6.81. The fraction of sp³-hybridized carbons (Fsp3) is 0.353. The number of aliphatic hydroxyl groups is 1. The second-order valence-electron chi connectivity index (χ2n) is 5.55. The number of ketones is 1. The van der Waals surface area contributed by atoms with Crippen LogP contribution < -0.4 is 0 Å². The normalized spacial score (nSPS) is 22.1. The van der Waals surface area contributed by atoms with E-state index in [1.807, 2.05) is 38.1 Å². The van der Waals surface area contributed by atoms with Gasteiger partial charge in [0.25, 0.3) is 0 Å². The molecule has 1 N–H and O–H groups in total. The van der Waals surface area contributed by atoms with Gasteiger partial charge in [-0.3, -0.25) is 4.79 Å². The zero-order valence-electron chi connectivity index (χ0n) is 11.9. The number of carbonyl (C=O) groups is 1. The molecule has 0 saturated carbocycles.